The first-order valence-corrected chi connectivity index (χ1v) is 8.37. The van der Waals surface area contributed by atoms with Gasteiger partial charge in [0.25, 0.3) is 0 Å². The Bertz CT molecular complexity index is 545. The number of thioether (sulfide) groups is 1. The Labute approximate surface area is 112 Å². The van der Waals surface area contributed by atoms with E-state index in [1.54, 1.807) is 6.07 Å². The number of sulfonamides is 1. The van der Waals surface area contributed by atoms with Crippen molar-refractivity contribution in [3.8, 4) is 0 Å². The van der Waals surface area contributed by atoms with Crippen LogP contribution in [0, 0.1) is 0 Å². The molecule has 0 spiro atoms. The highest BCUT2D eigenvalue weighted by Gasteiger charge is 2.23. The number of nitrogen functional groups attached to an aromatic ring is 1. The molecule has 7 heteroatoms. The molecule has 1 saturated heterocycles. The average Bonchev–Trinajstić information content (AvgIpc) is 2.29. The first-order valence-electron chi connectivity index (χ1n) is 5.67. The van der Waals surface area contributed by atoms with Crippen LogP contribution in [-0.4, -0.2) is 32.5 Å². The molecule has 1 aromatic carbocycles. The van der Waals surface area contributed by atoms with E-state index in [0.29, 0.717) is 6.04 Å². The summed E-state index contributed by atoms with van der Waals surface area (Å²) in [5, 5.41) is 5.16. The maximum absolute atomic E-state index is 11.4. The van der Waals surface area contributed by atoms with Gasteiger partial charge in [0.15, 0.2) is 0 Å². The zero-order valence-corrected chi connectivity index (χ0v) is 11.8. The summed E-state index contributed by atoms with van der Waals surface area (Å²) in [5.41, 5.74) is 6.96. The van der Waals surface area contributed by atoms with Gasteiger partial charge >= 0.3 is 0 Å². The Balaban J connectivity index is 2.46. The molecule has 0 amide bonds. The Hall–Kier alpha value is -0.920. The fourth-order valence-corrected chi connectivity index (χ4v) is 3.81. The molecule has 1 aliphatic heterocycles. The van der Waals surface area contributed by atoms with Gasteiger partial charge in [0, 0.05) is 24.1 Å². The quantitative estimate of drug-likeness (QED) is 0.787. The SMILES string of the molecule is CC1CSCCN1c1cccc(S(N)(=O)=O)c1N. The van der Waals surface area contributed by atoms with Crippen LogP contribution in [0.3, 0.4) is 0 Å². The normalized spacial score (nSPS) is 21.0. The second-order valence-electron chi connectivity index (χ2n) is 4.35. The van der Waals surface area contributed by atoms with Gasteiger partial charge < -0.3 is 10.6 Å². The van der Waals surface area contributed by atoms with Crippen LogP contribution in [0.25, 0.3) is 0 Å². The maximum Gasteiger partial charge on any atom is 0.240 e. The molecule has 0 radical (unpaired) electrons. The molecule has 100 valence electrons. The summed E-state index contributed by atoms with van der Waals surface area (Å²) < 4.78 is 22.9. The molecular weight excluding hydrogens is 270 g/mol. The Morgan fingerprint density at radius 1 is 1.44 bits per heavy atom. The predicted octanol–water partition coefficient (Wildman–Crippen LogP) is 0.858. The Morgan fingerprint density at radius 2 is 2.17 bits per heavy atom. The van der Waals surface area contributed by atoms with Crippen LogP contribution in [0.15, 0.2) is 23.1 Å². The molecule has 0 aliphatic carbocycles. The van der Waals surface area contributed by atoms with Crippen LogP contribution in [0.5, 0.6) is 0 Å². The minimum atomic E-state index is -3.77. The third kappa shape index (κ3) is 2.57. The van der Waals surface area contributed by atoms with E-state index in [2.05, 4.69) is 11.8 Å². The van der Waals surface area contributed by atoms with Gasteiger partial charge in [-0.25, -0.2) is 13.6 Å². The first kappa shape index (κ1) is 13.5. The molecule has 1 aliphatic rings. The zero-order valence-electron chi connectivity index (χ0n) is 10.2. The third-order valence-electron chi connectivity index (χ3n) is 3.03. The van der Waals surface area contributed by atoms with E-state index in [0.717, 1.165) is 23.7 Å². The first-order chi connectivity index (χ1) is 8.41. The highest BCUT2D eigenvalue weighted by molar-refractivity contribution is 7.99. The minimum Gasteiger partial charge on any atom is -0.396 e. The van der Waals surface area contributed by atoms with E-state index < -0.39 is 10.0 Å². The lowest BCUT2D eigenvalue weighted by molar-refractivity contribution is 0.598. The Kier molecular flexibility index (Phi) is 3.74. The fraction of sp³-hybridized carbons (Fsp3) is 0.455. The van der Waals surface area contributed by atoms with Crippen LogP contribution in [-0.2, 0) is 10.0 Å². The lowest BCUT2D eigenvalue weighted by Crippen LogP contribution is -2.41. The summed E-state index contributed by atoms with van der Waals surface area (Å²) in [6.07, 6.45) is 0. The predicted molar refractivity (Wildman–Crippen MR) is 76.4 cm³/mol. The average molecular weight is 287 g/mol. The van der Waals surface area contributed by atoms with Crippen LogP contribution >= 0.6 is 11.8 Å². The molecule has 0 saturated carbocycles. The van der Waals surface area contributed by atoms with Crippen molar-refractivity contribution in [3.63, 3.8) is 0 Å². The van der Waals surface area contributed by atoms with Gasteiger partial charge in [0.05, 0.1) is 11.4 Å². The van der Waals surface area contributed by atoms with E-state index in [4.69, 9.17) is 10.9 Å². The van der Waals surface area contributed by atoms with Crippen molar-refractivity contribution in [2.45, 2.75) is 17.9 Å². The van der Waals surface area contributed by atoms with Crippen LogP contribution < -0.4 is 15.8 Å². The van der Waals surface area contributed by atoms with E-state index in [1.807, 2.05) is 17.8 Å². The number of para-hydroxylation sites is 1. The lowest BCUT2D eigenvalue weighted by Gasteiger charge is -2.36. The molecule has 1 atom stereocenters. The number of primary sulfonamides is 1. The number of hydrogen-bond acceptors (Lipinski definition) is 5. The van der Waals surface area contributed by atoms with Crippen LogP contribution in [0.1, 0.15) is 6.92 Å². The number of nitrogens with zero attached hydrogens (tertiary/aromatic N) is 1. The largest absolute Gasteiger partial charge is 0.396 e. The van der Waals surface area contributed by atoms with Gasteiger partial charge in [-0.15, -0.1) is 0 Å². The van der Waals surface area contributed by atoms with E-state index >= 15 is 0 Å². The molecule has 1 heterocycles. The van der Waals surface area contributed by atoms with Crippen molar-refractivity contribution in [2.24, 2.45) is 5.14 Å². The number of rotatable bonds is 2. The molecule has 1 aromatic rings. The zero-order chi connectivity index (χ0) is 13.3. The van der Waals surface area contributed by atoms with Gasteiger partial charge in [0.2, 0.25) is 10.0 Å². The Morgan fingerprint density at radius 3 is 2.78 bits per heavy atom. The van der Waals surface area contributed by atoms with E-state index in [1.165, 1.54) is 6.07 Å². The van der Waals surface area contributed by atoms with Crippen LogP contribution in [0.4, 0.5) is 11.4 Å². The summed E-state index contributed by atoms with van der Waals surface area (Å²) in [6.45, 7) is 2.97. The van der Waals surface area contributed by atoms with Gasteiger partial charge in [-0.2, -0.15) is 11.8 Å². The smallest absolute Gasteiger partial charge is 0.240 e. The molecule has 0 aromatic heterocycles. The highest BCUT2D eigenvalue weighted by Crippen LogP contribution is 2.32. The molecule has 5 nitrogen and oxygen atoms in total. The van der Waals surface area contributed by atoms with Crippen molar-refractivity contribution in [2.75, 3.05) is 28.7 Å². The highest BCUT2D eigenvalue weighted by atomic mass is 32.2. The summed E-state index contributed by atoms with van der Waals surface area (Å²) >= 11 is 1.89. The van der Waals surface area contributed by atoms with E-state index in [-0.39, 0.29) is 10.6 Å². The van der Waals surface area contributed by atoms with Gasteiger partial charge in [0.1, 0.15) is 4.90 Å². The molecule has 18 heavy (non-hydrogen) atoms. The molecule has 1 fully saturated rings. The molecule has 4 N–H and O–H groups in total. The minimum absolute atomic E-state index is 0.00502. The maximum atomic E-state index is 11.4. The molecule has 1 unspecified atom stereocenters. The number of hydrogen-bond donors (Lipinski definition) is 2. The van der Waals surface area contributed by atoms with Crippen molar-refractivity contribution in [1.82, 2.24) is 0 Å². The standard InChI is InChI=1S/C11H17N3O2S2/c1-8-7-17-6-5-14(8)9-3-2-4-10(11(9)12)18(13,15)16/h2-4,8H,5-7,12H2,1H3,(H2,13,15,16). The van der Waals surface area contributed by atoms with Crippen LogP contribution in [0.2, 0.25) is 0 Å². The van der Waals surface area contributed by atoms with Crippen molar-refractivity contribution < 1.29 is 8.42 Å². The number of nitrogens with two attached hydrogens (primary N) is 2. The van der Waals surface area contributed by atoms with Crippen molar-refractivity contribution in [1.29, 1.82) is 0 Å². The van der Waals surface area contributed by atoms with Gasteiger partial charge in [-0.1, -0.05) is 6.07 Å². The second-order valence-corrected chi connectivity index (χ2v) is 7.03. The third-order valence-corrected chi connectivity index (χ3v) is 5.19. The van der Waals surface area contributed by atoms with Gasteiger partial charge in [-0.05, 0) is 19.1 Å². The monoisotopic (exact) mass is 287 g/mol. The number of anilines is 2. The van der Waals surface area contributed by atoms with Crippen molar-refractivity contribution in [3.05, 3.63) is 18.2 Å². The molecule has 2 rings (SSSR count). The fourth-order valence-electron chi connectivity index (χ4n) is 2.12. The van der Waals surface area contributed by atoms with E-state index in [9.17, 15) is 8.42 Å². The van der Waals surface area contributed by atoms with Gasteiger partial charge in [-0.3, -0.25) is 0 Å². The summed E-state index contributed by atoms with van der Waals surface area (Å²) in [4.78, 5) is 2.14. The van der Waals surface area contributed by atoms with Crippen molar-refractivity contribution >= 4 is 33.2 Å². The summed E-state index contributed by atoms with van der Waals surface area (Å²) in [6, 6.07) is 5.30. The number of benzene rings is 1. The molecular formula is C11H17N3O2S2. The second kappa shape index (κ2) is 4.99. The topological polar surface area (TPSA) is 89.4 Å². The summed E-state index contributed by atoms with van der Waals surface area (Å²) in [5.74, 6) is 2.03. The molecule has 0 bridgehead atoms. The lowest BCUT2D eigenvalue weighted by atomic mass is 10.2. The summed E-state index contributed by atoms with van der Waals surface area (Å²) in [7, 11) is -3.77.